The number of carbonyl (C=O) groups is 2. The normalized spacial score (nSPS) is 20.7. The van der Waals surface area contributed by atoms with Crippen LogP contribution in [0.5, 0.6) is 5.88 Å². The highest BCUT2D eigenvalue weighted by molar-refractivity contribution is 9.10. The zero-order chi connectivity index (χ0) is 16.6. The summed E-state index contributed by atoms with van der Waals surface area (Å²) >= 11 is 3.36. The lowest BCUT2D eigenvalue weighted by atomic mass is 10.2. The predicted molar refractivity (Wildman–Crippen MR) is 82.4 cm³/mol. The SMILES string of the molecule is O=C(O)[C@@H]1C[C@@H](Oc2ncnc3ccc(Br)cc23)CN1C(=O)O. The smallest absolute Gasteiger partial charge is 0.408 e. The number of ether oxygens (including phenoxy) is 1. The van der Waals surface area contributed by atoms with Crippen LogP contribution in [0, 0.1) is 0 Å². The van der Waals surface area contributed by atoms with Crippen LogP contribution in [0.4, 0.5) is 4.79 Å². The zero-order valence-electron chi connectivity index (χ0n) is 11.7. The van der Waals surface area contributed by atoms with Gasteiger partial charge in [0, 0.05) is 10.9 Å². The molecule has 0 aliphatic carbocycles. The average molecular weight is 382 g/mol. The van der Waals surface area contributed by atoms with E-state index in [1.165, 1.54) is 6.33 Å². The lowest BCUT2D eigenvalue weighted by Crippen LogP contribution is -2.39. The molecule has 1 fully saturated rings. The third-order valence-corrected chi connectivity index (χ3v) is 4.13. The van der Waals surface area contributed by atoms with E-state index in [0.29, 0.717) is 16.8 Å². The highest BCUT2D eigenvalue weighted by Gasteiger charge is 2.41. The largest absolute Gasteiger partial charge is 0.480 e. The predicted octanol–water partition coefficient (Wildman–Crippen LogP) is 1.98. The quantitative estimate of drug-likeness (QED) is 0.835. The van der Waals surface area contributed by atoms with Crippen molar-refractivity contribution in [1.29, 1.82) is 0 Å². The van der Waals surface area contributed by atoms with Crippen molar-refractivity contribution in [2.45, 2.75) is 18.6 Å². The van der Waals surface area contributed by atoms with E-state index in [-0.39, 0.29) is 13.0 Å². The van der Waals surface area contributed by atoms with E-state index in [2.05, 4.69) is 25.9 Å². The minimum atomic E-state index is -1.28. The number of likely N-dealkylation sites (tertiary alicyclic amines) is 1. The van der Waals surface area contributed by atoms with Gasteiger partial charge in [0.25, 0.3) is 0 Å². The fourth-order valence-corrected chi connectivity index (χ4v) is 2.95. The summed E-state index contributed by atoms with van der Waals surface area (Å²) in [5.41, 5.74) is 0.682. The Bertz CT molecular complexity index is 762. The molecule has 0 spiro atoms. The Morgan fingerprint density at radius 1 is 1.30 bits per heavy atom. The van der Waals surface area contributed by atoms with Crippen LogP contribution in [0.1, 0.15) is 6.42 Å². The number of hydrogen-bond acceptors (Lipinski definition) is 5. The van der Waals surface area contributed by atoms with Gasteiger partial charge >= 0.3 is 12.1 Å². The van der Waals surface area contributed by atoms with Gasteiger partial charge in [0.15, 0.2) is 0 Å². The van der Waals surface area contributed by atoms with E-state index >= 15 is 0 Å². The van der Waals surface area contributed by atoms with Crippen LogP contribution in [0.15, 0.2) is 29.0 Å². The van der Waals surface area contributed by atoms with Gasteiger partial charge in [0.2, 0.25) is 5.88 Å². The molecule has 9 heteroatoms. The topological polar surface area (TPSA) is 113 Å². The lowest BCUT2D eigenvalue weighted by molar-refractivity contribution is -0.141. The van der Waals surface area contributed by atoms with Crippen LogP contribution in [-0.4, -0.2) is 55.8 Å². The summed E-state index contributed by atoms with van der Waals surface area (Å²) in [6.07, 6.45) is -0.436. The molecule has 2 heterocycles. The molecule has 8 nitrogen and oxygen atoms in total. The van der Waals surface area contributed by atoms with Crippen LogP contribution < -0.4 is 4.74 Å². The van der Waals surface area contributed by atoms with Gasteiger partial charge < -0.3 is 14.9 Å². The number of benzene rings is 1. The third-order valence-electron chi connectivity index (χ3n) is 3.63. The molecule has 0 unspecified atom stereocenters. The number of rotatable bonds is 3. The first-order chi connectivity index (χ1) is 11.0. The van der Waals surface area contributed by atoms with Gasteiger partial charge in [-0.15, -0.1) is 0 Å². The minimum absolute atomic E-state index is 0.0220. The molecule has 1 aliphatic heterocycles. The van der Waals surface area contributed by atoms with Gasteiger partial charge in [-0.1, -0.05) is 15.9 Å². The summed E-state index contributed by atoms with van der Waals surface area (Å²) in [5.74, 6) is -0.883. The second-order valence-corrected chi connectivity index (χ2v) is 6.02. The Balaban J connectivity index is 1.87. The van der Waals surface area contributed by atoms with Gasteiger partial charge in [-0.25, -0.2) is 19.6 Å². The van der Waals surface area contributed by atoms with Gasteiger partial charge in [-0.05, 0) is 18.2 Å². The number of carboxylic acids is 1. The standard InChI is InChI=1S/C14H12BrN3O5/c15-7-1-2-10-9(3-7)12(17-6-16-10)23-8-4-11(13(19)20)18(5-8)14(21)22/h1-3,6,8,11H,4-5H2,(H,19,20)(H,21,22)/t8-,11+/m1/s1. The first-order valence-electron chi connectivity index (χ1n) is 6.75. The van der Waals surface area contributed by atoms with Gasteiger partial charge in [0.1, 0.15) is 18.5 Å². The zero-order valence-corrected chi connectivity index (χ0v) is 13.3. The Kier molecular flexibility index (Phi) is 4.03. The van der Waals surface area contributed by atoms with E-state index in [4.69, 9.17) is 14.9 Å². The molecule has 0 bridgehead atoms. The van der Waals surface area contributed by atoms with Crippen LogP contribution in [0.25, 0.3) is 10.9 Å². The van der Waals surface area contributed by atoms with Gasteiger partial charge in [-0.2, -0.15) is 0 Å². The van der Waals surface area contributed by atoms with Crippen molar-refractivity contribution in [2.75, 3.05) is 6.54 Å². The Labute approximate surface area is 138 Å². The highest BCUT2D eigenvalue weighted by Crippen LogP contribution is 2.28. The fraction of sp³-hybridized carbons (Fsp3) is 0.286. The summed E-state index contributed by atoms with van der Waals surface area (Å²) in [7, 11) is 0. The summed E-state index contributed by atoms with van der Waals surface area (Å²) in [6.45, 7) is -0.0220. The van der Waals surface area contributed by atoms with E-state index in [9.17, 15) is 9.59 Å². The van der Waals surface area contributed by atoms with E-state index in [1.807, 2.05) is 6.07 Å². The second kappa shape index (κ2) is 5.99. The monoisotopic (exact) mass is 381 g/mol. The molecule has 23 heavy (non-hydrogen) atoms. The van der Waals surface area contributed by atoms with E-state index in [0.717, 1.165) is 9.37 Å². The fourth-order valence-electron chi connectivity index (χ4n) is 2.59. The number of fused-ring (bicyclic) bond motifs is 1. The van der Waals surface area contributed by atoms with Crippen LogP contribution in [0.2, 0.25) is 0 Å². The maximum Gasteiger partial charge on any atom is 0.408 e. The van der Waals surface area contributed by atoms with E-state index in [1.54, 1.807) is 12.1 Å². The average Bonchev–Trinajstić information content (AvgIpc) is 2.92. The summed E-state index contributed by atoms with van der Waals surface area (Å²) in [6, 6.07) is 4.31. The van der Waals surface area contributed by atoms with Gasteiger partial charge in [0.05, 0.1) is 17.4 Å². The molecule has 1 aromatic heterocycles. The molecular weight excluding hydrogens is 370 g/mol. The van der Waals surface area contributed by atoms with Crippen molar-refractivity contribution in [3.05, 3.63) is 29.0 Å². The van der Waals surface area contributed by atoms with Crippen LogP contribution in [-0.2, 0) is 4.79 Å². The van der Waals surface area contributed by atoms with Crippen molar-refractivity contribution in [3.8, 4) is 5.88 Å². The number of aromatic nitrogens is 2. The van der Waals surface area contributed by atoms with E-state index < -0.39 is 24.2 Å². The Morgan fingerprint density at radius 2 is 2.09 bits per heavy atom. The van der Waals surface area contributed by atoms with Gasteiger partial charge in [-0.3, -0.25) is 4.90 Å². The molecule has 1 aliphatic rings. The molecule has 2 atom stereocenters. The minimum Gasteiger partial charge on any atom is -0.480 e. The number of nitrogens with zero attached hydrogens (tertiary/aromatic N) is 3. The maximum atomic E-state index is 11.2. The van der Waals surface area contributed by atoms with Crippen molar-refractivity contribution in [1.82, 2.24) is 14.9 Å². The first kappa shape index (κ1) is 15.5. The summed E-state index contributed by atoms with van der Waals surface area (Å²) in [4.78, 5) is 31.4. The molecule has 1 amide bonds. The molecule has 3 rings (SSSR count). The molecule has 2 aromatic rings. The molecule has 0 saturated carbocycles. The summed E-state index contributed by atoms with van der Waals surface area (Å²) < 4.78 is 6.59. The van der Waals surface area contributed by atoms with Crippen molar-refractivity contribution in [3.63, 3.8) is 0 Å². The number of aliphatic carboxylic acids is 1. The number of carboxylic acid groups (broad SMARTS) is 2. The number of halogens is 1. The van der Waals surface area contributed by atoms with Crippen molar-refractivity contribution in [2.24, 2.45) is 0 Å². The Hall–Kier alpha value is -2.42. The molecular formula is C14H12BrN3O5. The van der Waals surface area contributed by atoms with Crippen LogP contribution >= 0.6 is 15.9 Å². The number of hydrogen-bond donors (Lipinski definition) is 2. The molecule has 1 saturated heterocycles. The van der Waals surface area contributed by atoms with Crippen molar-refractivity contribution >= 4 is 38.9 Å². The second-order valence-electron chi connectivity index (χ2n) is 5.10. The van der Waals surface area contributed by atoms with Crippen LogP contribution in [0.3, 0.4) is 0 Å². The molecule has 120 valence electrons. The van der Waals surface area contributed by atoms with Crippen molar-refractivity contribution < 1.29 is 24.5 Å². The number of amides is 1. The lowest BCUT2D eigenvalue weighted by Gasteiger charge is -2.16. The molecule has 0 radical (unpaired) electrons. The molecule has 1 aromatic carbocycles. The Morgan fingerprint density at radius 3 is 2.74 bits per heavy atom. The highest BCUT2D eigenvalue weighted by atomic mass is 79.9. The maximum absolute atomic E-state index is 11.2. The molecule has 2 N–H and O–H groups in total. The first-order valence-corrected chi connectivity index (χ1v) is 7.54. The summed E-state index contributed by atoms with van der Waals surface area (Å²) in [5, 5.41) is 18.9. The third kappa shape index (κ3) is 3.04.